The highest BCUT2D eigenvalue weighted by Gasteiger charge is 2.15. The molecule has 152 valence electrons. The molecule has 1 amide bonds. The third-order valence-electron chi connectivity index (χ3n) is 5.38. The average Bonchev–Trinajstić information content (AvgIpc) is 3.20. The number of nitrogens with two attached hydrogens (primary N) is 1. The average molecular weight is 399 g/mol. The van der Waals surface area contributed by atoms with Gasteiger partial charge >= 0.3 is 6.09 Å². The molecule has 5 heteroatoms. The molecule has 2 aromatic carbocycles. The first-order valence-electron chi connectivity index (χ1n) is 10.2. The molecule has 4 rings (SSSR count). The molecule has 2 aromatic heterocycles. The minimum Gasteiger partial charge on any atom is -0.445 e. The van der Waals surface area contributed by atoms with Crippen molar-refractivity contribution in [3.63, 3.8) is 0 Å². The molecule has 4 aromatic rings. The van der Waals surface area contributed by atoms with Gasteiger partial charge in [0.15, 0.2) is 0 Å². The SMILES string of the molecule is CCCC(c1ccncc1)n1ccc2cc(-c3ccc(COC(N)=O)cc3)ccc21. The summed E-state index contributed by atoms with van der Waals surface area (Å²) in [5, 5.41) is 1.21. The van der Waals surface area contributed by atoms with Gasteiger partial charge in [0.05, 0.1) is 6.04 Å². The van der Waals surface area contributed by atoms with Crippen molar-refractivity contribution in [1.82, 2.24) is 9.55 Å². The van der Waals surface area contributed by atoms with Crippen LogP contribution in [0.1, 0.15) is 36.9 Å². The summed E-state index contributed by atoms with van der Waals surface area (Å²) in [6.07, 6.45) is 7.32. The Bertz CT molecular complexity index is 1130. The van der Waals surface area contributed by atoms with Gasteiger partial charge in [0.25, 0.3) is 0 Å². The highest BCUT2D eigenvalue weighted by Crippen LogP contribution is 2.31. The molecule has 1 unspecified atom stereocenters. The molecule has 5 nitrogen and oxygen atoms in total. The maximum atomic E-state index is 10.8. The number of ether oxygens (including phenoxy) is 1. The van der Waals surface area contributed by atoms with E-state index in [1.807, 2.05) is 36.7 Å². The number of carbonyl (C=O) groups is 1. The second-order valence-corrected chi connectivity index (χ2v) is 7.39. The zero-order chi connectivity index (χ0) is 20.9. The topological polar surface area (TPSA) is 70.1 Å². The van der Waals surface area contributed by atoms with Crippen molar-refractivity contribution in [1.29, 1.82) is 0 Å². The summed E-state index contributed by atoms with van der Waals surface area (Å²) in [6.45, 7) is 2.40. The lowest BCUT2D eigenvalue weighted by Gasteiger charge is -2.20. The van der Waals surface area contributed by atoms with Crippen LogP contribution in [-0.2, 0) is 11.3 Å². The zero-order valence-corrected chi connectivity index (χ0v) is 17.0. The van der Waals surface area contributed by atoms with E-state index in [-0.39, 0.29) is 6.61 Å². The summed E-state index contributed by atoms with van der Waals surface area (Å²) in [5.41, 5.74) is 10.7. The van der Waals surface area contributed by atoms with Crippen LogP contribution in [0.15, 0.2) is 79.3 Å². The number of pyridine rings is 1. The fraction of sp³-hybridized carbons (Fsp3) is 0.200. The number of carbonyl (C=O) groups excluding carboxylic acids is 1. The molecule has 0 spiro atoms. The Morgan fingerprint density at radius 1 is 1.03 bits per heavy atom. The van der Waals surface area contributed by atoms with E-state index in [9.17, 15) is 4.79 Å². The van der Waals surface area contributed by atoms with E-state index < -0.39 is 6.09 Å². The van der Waals surface area contributed by atoms with Crippen LogP contribution in [0.3, 0.4) is 0 Å². The summed E-state index contributed by atoms with van der Waals surface area (Å²) in [6, 6.07) is 21.2. The standard InChI is InChI=1S/C25H25N3O2/c1-2-3-23(20-10-13-27-14-11-20)28-15-12-22-16-21(8-9-24(22)28)19-6-4-18(5-7-19)17-30-25(26)29/h4-16,23H,2-3,17H2,1H3,(H2,26,29). The number of nitrogens with zero attached hydrogens (tertiary/aromatic N) is 2. The fourth-order valence-electron chi connectivity index (χ4n) is 3.89. The van der Waals surface area contributed by atoms with Crippen molar-refractivity contribution in [2.45, 2.75) is 32.4 Å². The number of amides is 1. The van der Waals surface area contributed by atoms with Crippen molar-refractivity contribution in [3.05, 3.63) is 90.4 Å². The molecule has 30 heavy (non-hydrogen) atoms. The van der Waals surface area contributed by atoms with Crippen molar-refractivity contribution >= 4 is 17.0 Å². The van der Waals surface area contributed by atoms with Gasteiger partial charge in [-0.25, -0.2) is 4.79 Å². The van der Waals surface area contributed by atoms with Gasteiger partial charge in [-0.1, -0.05) is 43.7 Å². The largest absolute Gasteiger partial charge is 0.445 e. The number of benzene rings is 2. The van der Waals surface area contributed by atoms with Gasteiger partial charge in [-0.05, 0) is 59.0 Å². The van der Waals surface area contributed by atoms with Gasteiger partial charge in [0.1, 0.15) is 6.61 Å². The normalized spacial score (nSPS) is 12.0. The van der Waals surface area contributed by atoms with Crippen LogP contribution in [0.4, 0.5) is 4.79 Å². The molecular formula is C25H25N3O2. The van der Waals surface area contributed by atoms with E-state index >= 15 is 0 Å². The van der Waals surface area contributed by atoms with Crippen molar-refractivity contribution in [3.8, 4) is 11.1 Å². The molecule has 0 saturated carbocycles. The van der Waals surface area contributed by atoms with Crippen molar-refractivity contribution < 1.29 is 9.53 Å². The van der Waals surface area contributed by atoms with Crippen LogP contribution in [0.2, 0.25) is 0 Å². The highest BCUT2D eigenvalue weighted by molar-refractivity contribution is 5.86. The Morgan fingerprint density at radius 3 is 2.47 bits per heavy atom. The van der Waals surface area contributed by atoms with Gasteiger partial charge < -0.3 is 15.0 Å². The van der Waals surface area contributed by atoms with Crippen LogP contribution in [0, 0.1) is 0 Å². The van der Waals surface area contributed by atoms with Crippen molar-refractivity contribution in [2.75, 3.05) is 0 Å². The number of hydrogen-bond acceptors (Lipinski definition) is 3. The van der Waals surface area contributed by atoms with Gasteiger partial charge in [0, 0.05) is 29.5 Å². The number of primary amides is 1. The molecule has 2 N–H and O–H groups in total. The summed E-state index contributed by atoms with van der Waals surface area (Å²) in [4.78, 5) is 14.9. The third kappa shape index (κ3) is 4.20. The summed E-state index contributed by atoms with van der Waals surface area (Å²) in [7, 11) is 0. The Balaban J connectivity index is 1.62. The maximum absolute atomic E-state index is 10.8. The molecular weight excluding hydrogens is 374 g/mol. The summed E-state index contributed by atoms with van der Waals surface area (Å²) >= 11 is 0. The van der Waals surface area contributed by atoms with Gasteiger partial charge in [-0.2, -0.15) is 0 Å². The first-order chi connectivity index (χ1) is 14.7. The van der Waals surface area contributed by atoms with Crippen LogP contribution >= 0.6 is 0 Å². The van der Waals surface area contributed by atoms with Crippen LogP contribution in [0.5, 0.6) is 0 Å². The van der Waals surface area contributed by atoms with Gasteiger partial charge in [0.2, 0.25) is 0 Å². The molecule has 0 saturated heterocycles. The van der Waals surface area contributed by atoms with Crippen LogP contribution < -0.4 is 5.73 Å². The van der Waals surface area contributed by atoms with Crippen LogP contribution in [0.25, 0.3) is 22.0 Å². The number of fused-ring (bicyclic) bond motifs is 1. The van der Waals surface area contributed by atoms with E-state index in [0.717, 1.165) is 29.5 Å². The maximum Gasteiger partial charge on any atom is 0.404 e. The zero-order valence-electron chi connectivity index (χ0n) is 17.0. The second-order valence-electron chi connectivity index (χ2n) is 7.39. The summed E-state index contributed by atoms with van der Waals surface area (Å²) < 4.78 is 7.21. The molecule has 0 aliphatic heterocycles. The minimum absolute atomic E-state index is 0.186. The van der Waals surface area contributed by atoms with Gasteiger partial charge in [-0.15, -0.1) is 0 Å². The monoisotopic (exact) mass is 399 g/mol. The second kappa shape index (κ2) is 8.82. The molecule has 2 heterocycles. The van der Waals surface area contributed by atoms with E-state index in [1.165, 1.54) is 16.5 Å². The molecule has 0 radical (unpaired) electrons. The van der Waals surface area contributed by atoms with Crippen LogP contribution in [-0.4, -0.2) is 15.6 Å². The van der Waals surface area contributed by atoms with Gasteiger partial charge in [-0.3, -0.25) is 4.98 Å². The molecule has 0 aliphatic carbocycles. The van der Waals surface area contributed by atoms with E-state index in [4.69, 9.17) is 10.5 Å². The lowest BCUT2D eigenvalue weighted by atomic mass is 10.0. The quantitative estimate of drug-likeness (QED) is 0.434. The number of aromatic nitrogens is 2. The number of rotatable bonds is 7. The lowest BCUT2D eigenvalue weighted by molar-refractivity contribution is 0.150. The third-order valence-corrected chi connectivity index (χ3v) is 5.38. The van der Waals surface area contributed by atoms with Crippen molar-refractivity contribution in [2.24, 2.45) is 5.73 Å². The van der Waals surface area contributed by atoms with E-state index in [0.29, 0.717) is 6.04 Å². The molecule has 1 atom stereocenters. The smallest absolute Gasteiger partial charge is 0.404 e. The molecule has 0 aliphatic rings. The first-order valence-corrected chi connectivity index (χ1v) is 10.2. The lowest BCUT2D eigenvalue weighted by Crippen LogP contribution is -2.12. The van der Waals surface area contributed by atoms with E-state index in [1.54, 1.807) is 0 Å². The van der Waals surface area contributed by atoms with E-state index in [2.05, 4.69) is 59.1 Å². The highest BCUT2D eigenvalue weighted by atomic mass is 16.5. The molecule has 0 fully saturated rings. The Kier molecular flexibility index (Phi) is 5.80. The predicted octanol–water partition coefficient (Wildman–Crippen LogP) is 5.69. The molecule has 0 bridgehead atoms. The predicted molar refractivity (Wildman–Crippen MR) is 119 cm³/mol. The fourth-order valence-corrected chi connectivity index (χ4v) is 3.89. The Morgan fingerprint density at radius 2 is 1.77 bits per heavy atom. The Labute approximate surface area is 176 Å². The minimum atomic E-state index is -0.762. The first kappa shape index (κ1) is 19.7. The summed E-state index contributed by atoms with van der Waals surface area (Å²) in [5.74, 6) is 0. The Hall–Kier alpha value is -3.60. The number of hydrogen-bond donors (Lipinski definition) is 1.